The van der Waals surface area contributed by atoms with Gasteiger partial charge in [-0.05, 0) is 43.7 Å². The van der Waals surface area contributed by atoms with Gasteiger partial charge >= 0.3 is 11.9 Å². The molecule has 9 nitrogen and oxygen atoms in total. The number of para-hydroxylation sites is 1. The Bertz CT molecular complexity index is 915. The average molecular weight is 461 g/mol. The van der Waals surface area contributed by atoms with Crippen LogP contribution in [0.3, 0.4) is 0 Å². The minimum atomic E-state index is -0.751. The van der Waals surface area contributed by atoms with Gasteiger partial charge in [0.05, 0.1) is 25.1 Å². The lowest BCUT2D eigenvalue weighted by atomic mass is 10.1. The maximum atomic E-state index is 12.4. The van der Waals surface area contributed by atoms with E-state index in [-0.39, 0.29) is 29.0 Å². The third kappa shape index (κ3) is 9.28. The molecule has 2 aromatic rings. The second-order valence-electron chi connectivity index (χ2n) is 6.74. The number of esters is 2. The van der Waals surface area contributed by atoms with Gasteiger partial charge in [-0.3, -0.25) is 14.9 Å². The first-order chi connectivity index (χ1) is 16.0. The second-order valence-corrected chi connectivity index (χ2v) is 6.74. The summed E-state index contributed by atoms with van der Waals surface area (Å²) in [6.45, 7) is 5.12. The third-order valence-electron chi connectivity index (χ3n) is 4.47. The summed E-state index contributed by atoms with van der Waals surface area (Å²) in [5.41, 5.74) is 5.49. The van der Waals surface area contributed by atoms with Crippen LogP contribution in [-0.2, 0) is 16.0 Å². The number of carbonyl (C=O) groups is 2. The Labute approximate surface area is 194 Å². The number of benzene rings is 2. The molecule has 2 N–H and O–H groups in total. The lowest BCUT2D eigenvalue weighted by Crippen LogP contribution is -2.15. The molecule has 0 spiro atoms. The summed E-state index contributed by atoms with van der Waals surface area (Å²) in [6.07, 6.45) is 3.42. The third-order valence-corrected chi connectivity index (χ3v) is 4.47. The number of rotatable bonds is 12. The van der Waals surface area contributed by atoms with E-state index in [4.69, 9.17) is 15.2 Å². The van der Waals surface area contributed by atoms with Crippen molar-refractivity contribution in [1.82, 2.24) is 0 Å². The number of nitro benzene ring substituents is 1. The minimum Gasteiger partial charge on any atom is -0.494 e. The van der Waals surface area contributed by atoms with E-state index >= 15 is 0 Å². The van der Waals surface area contributed by atoms with Crippen molar-refractivity contribution in [2.24, 2.45) is 5.73 Å². The lowest BCUT2D eigenvalue weighted by Gasteiger charge is -2.10. The van der Waals surface area contributed by atoms with Crippen LogP contribution in [0.1, 0.15) is 55.5 Å². The maximum Gasteiger partial charge on any atom is 0.341 e. The average Bonchev–Trinajstić information content (AvgIpc) is 2.82. The summed E-state index contributed by atoms with van der Waals surface area (Å²) >= 11 is 0. The minimum absolute atomic E-state index is 0.0203. The fourth-order valence-corrected chi connectivity index (χ4v) is 2.91. The van der Waals surface area contributed by atoms with Crippen LogP contribution < -0.4 is 15.2 Å². The number of carbonyl (C=O) groups excluding carboxylic acids is 2. The van der Waals surface area contributed by atoms with Gasteiger partial charge in [0.15, 0.2) is 0 Å². The highest BCUT2D eigenvalue weighted by Gasteiger charge is 2.21. The molecule has 0 aromatic heterocycles. The predicted molar refractivity (Wildman–Crippen MR) is 125 cm³/mol. The highest BCUT2D eigenvalue weighted by molar-refractivity contribution is 5.93. The number of ether oxygens (including phenoxy) is 3. The van der Waals surface area contributed by atoms with Crippen molar-refractivity contribution in [2.75, 3.05) is 20.3 Å². The molecule has 0 radical (unpaired) electrons. The number of hydrogen-bond acceptors (Lipinski definition) is 8. The molecule has 0 atom stereocenters. The van der Waals surface area contributed by atoms with E-state index in [1.807, 2.05) is 13.8 Å². The van der Waals surface area contributed by atoms with Crippen LogP contribution in [0.15, 0.2) is 42.5 Å². The Morgan fingerprint density at radius 2 is 1.73 bits per heavy atom. The van der Waals surface area contributed by atoms with Crippen LogP contribution in [0.25, 0.3) is 0 Å². The summed E-state index contributed by atoms with van der Waals surface area (Å²) < 4.78 is 15.6. The molecule has 0 saturated heterocycles. The molecular formula is C24H32N2O7. The van der Waals surface area contributed by atoms with Gasteiger partial charge in [-0.25, -0.2) is 4.79 Å². The molecule has 0 fully saturated rings. The number of hydrogen-bond donors (Lipinski definition) is 1. The molecule has 0 saturated carbocycles. The molecule has 180 valence electrons. The predicted octanol–water partition coefficient (Wildman–Crippen LogP) is 4.45. The van der Waals surface area contributed by atoms with E-state index in [0.29, 0.717) is 18.9 Å². The number of nitro groups is 1. The second kappa shape index (κ2) is 15.4. The van der Waals surface area contributed by atoms with Crippen LogP contribution in [0.2, 0.25) is 0 Å². The molecule has 0 aliphatic carbocycles. The molecule has 0 bridgehead atoms. The highest BCUT2D eigenvalue weighted by atomic mass is 16.6. The standard InChI is InChI=1S/C22H26N2O7.C2H6/c1-29-22(26)18-8-4-5-9-20(18)31-21(25)15-16-14-17(10-11-19(16)24(27)28)30-13-7-3-2-6-12-23;1-2/h4-5,8-11,14H,2-3,6-7,12-13,15,23H2,1H3;1-2H3. The van der Waals surface area contributed by atoms with E-state index in [2.05, 4.69) is 4.74 Å². The topological polar surface area (TPSA) is 131 Å². The Hall–Kier alpha value is -3.46. The zero-order valence-corrected chi connectivity index (χ0v) is 19.4. The fraction of sp³-hybridized carbons (Fsp3) is 0.417. The number of nitrogens with zero attached hydrogens (tertiary/aromatic N) is 1. The van der Waals surface area contributed by atoms with Crippen molar-refractivity contribution in [1.29, 1.82) is 0 Å². The monoisotopic (exact) mass is 460 g/mol. The van der Waals surface area contributed by atoms with Gasteiger partial charge in [-0.15, -0.1) is 0 Å². The van der Waals surface area contributed by atoms with Crippen molar-refractivity contribution >= 4 is 17.6 Å². The number of methoxy groups -OCH3 is 1. The van der Waals surface area contributed by atoms with Gasteiger partial charge in [0.25, 0.3) is 5.69 Å². The molecule has 2 rings (SSSR count). The van der Waals surface area contributed by atoms with Crippen LogP contribution in [0.5, 0.6) is 11.5 Å². The van der Waals surface area contributed by atoms with E-state index < -0.39 is 16.9 Å². The molecular weight excluding hydrogens is 428 g/mol. The molecule has 2 aromatic carbocycles. The Kier molecular flexibility index (Phi) is 12.8. The van der Waals surface area contributed by atoms with Gasteiger partial charge in [0, 0.05) is 11.6 Å². The zero-order valence-electron chi connectivity index (χ0n) is 19.4. The fourth-order valence-electron chi connectivity index (χ4n) is 2.91. The van der Waals surface area contributed by atoms with Gasteiger partial charge in [0.1, 0.15) is 17.1 Å². The van der Waals surface area contributed by atoms with E-state index in [9.17, 15) is 19.7 Å². The van der Waals surface area contributed by atoms with E-state index in [1.165, 1.54) is 37.4 Å². The Morgan fingerprint density at radius 3 is 2.39 bits per heavy atom. The highest BCUT2D eigenvalue weighted by Crippen LogP contribution is 2.26. The summed E-state index contributed by atoms with van der Waals surface area (Å²) in [5.74, 6) is -0.955. The van der Waals surface area contributed by atoms with Gasteiger partial charge in [-0.1, -0.05) is 38.8 Å². The Balaban J connectivity index is 0.00000265. The van der Waals surface area contributed by atoms with Crippen molar-refractivity contribution in [3.05, 3.63) is 63.7 Å². The summed E-state index contributed by atoms with van der Waals surface area (Å²) in [5, 5.41) is 11.4. The molecule has 0 amide bonds. The SMILES string of the molecule is CC.COC(=O)c1ccccc1OC(=O)Cc1cc(OCCCCCCN)ccc1[N+](=O)[O-]. The van der Waals surface area contributed by atoms with Crippen molar-refractivity contribution in [3.63, 3.8) is 0 Å². The quantitative estimate of drug-likeness (QED) is 0.162. The van der Waals surface area contributed by atoms with Crippen LogP contribution in [0.4, 0.5) is 5.69 Å². The van der Waals surface area contributed by atoms with Crippen molar-refractivity contribution in [3.8, 4) is 11.5 Å². The van der Waals surface area contributed by atoms with Gasteiger partial charge < -0.3 is 19.9 Å². The van der Waals surface area contributed by atoms with Gasteiger partial charge in [0.2, 0.25) is 0 Å². The summed E-state index contributed by atoms with van der Waals surface area (Å²) in [4.78, 5) is 35.1. The van der Waals surface area contributed by atoms with Crippen LogP contribution in [0, 0.1) is 10.1 Å². The summed E-state index contributed by atoms with van der Waals surface area (Å²) in [7, 11) is 1.22. The molecule has 0 unspecified atom stereocenters. The molecule has 9 heteroatoms. The van der Waals surface area contributed by atoms with Gasteiger partial charge in [-0.2, -0.15) is 0 Å². The lowest BCUT2D eigenvalue weighted by molar-refractivity contribution is -0.385. The number of nitrogens with two attached hydrogens (primary N) is 1. The smallest absolute Gasteiger partial charge is 0.341 e. The molecule has 0 heterocycles. The maximum absolute atomic E-state index is 12.4. The molecule has 0 aliphatic rings. The van der Waals surface area contributed by atoms with Crippen molar-refractivity contribution in [2.45, 2.75) is 46.0 Å². The first-order valence-corrected chi connectivity index (χ1v) is 10.9. The Morgan fingerprint density at radius 1 is 1.03 bits per heavy atom. The van der Waals surface area contributed by atoms with E-state index in [0.717, 1.165) is 25.7 Å². The largest absolute Gasteiger partial charge is 0.494 e. The number of unbranched alkanes of at least 4 members (excludes halogenated alkanes) is 3. The van der Waals surface area contributed by atoms with Crippen molar-refractivity contribution < 1.29 is 28.7 Å². The van der Waals surface area contributed by atoms with Crippen LogP contribution >= 0.6 is 0 Å². The first-order valence-electron chi connectivity index (χ1n) is 10.9. The molecule has 33 heavy (non-hydrogen) atoms. The molecule has 0 aliphatic heterocycles. The zero-order chi connectivity index (χ0) is 24.6. The normalized spacial score (nSPS) is 9.94. The summed E-state index contributed by atoms with van der Waals surface area (Å²) in [6, 6.07) is 10.4. The van der Waals surface area contributed by atoms with E-state index in [1.54, 1.807) is 12.1 Å². The van der Waals surface area contributed by atoms with Crippen LogP contribution in [-0.4, -0.2) is 37.1 Å². The first kappa shape index (κ1) is 27.6.